The highest BCUT2D eigenvalue weighted by atomic mass is 15.4. The lowest BCUT2D eigenvalue weighted by Crippen LogP contribution is -2.34. The van der Waals surface area contributed by atoms with E-state index in [9.17, 15) is 0 Å². The molecule has 3 aromatic heterocycles. The van der Waals surface area contributed by atoms with E-state index in [4.69, 9.17) is 5.73 Å². The SMILES string of the molecule is C=c1/c(=C(N)\C=N/C)ccn1Nc1c[nH]c2cnccc12. The van der Waals surface area contributed by atoms with Gasteiger partial charge in [0.15, 0.2) is 0 Å². The van der Waals surface area contributed by atoms with Crippen molar-refractivity contribution >= 4 is 35.1 Å². The molecular formula is C15H16N6. The van der Waals surface area contributed by atoms with E-state index in [0.29, 0.717) is 5.70 Å². The molecule has 0 aliphatic rings. The Morgan fingerprint density at radius 1 is 1.52 bits per heavy atom. The highest BCUT2D eigenvalue weighted by molar-refractivity contribution is 6.00. The van der Waals surface area contributed by atoms with Gasteiger partial charge in [0.25, 0.3) is 0 Å². The molecule has 0 fully saturated rings. The molecule has 0 atom stereocenters. The van der Waals surface area contributed by atoms with E-state index in [1.807, 2.05) is 29.2 Å². The van der Waals surface area contributed by atoms with Gasteiger partial charge in [-0.15, -0.1) is 0 Å². The summed E-state index contributed by atoms with van der Waals surface area (Å²) in [5, 5.41) is 2.69. The Morgan fingerprint density at radius 2 is 2.38 bits per heavy atom. The van der Waals surface area contributed by atoms with Gasteiger partial charge in [0, 0.05) is 42.5 Å². The van der Waals surface area contributed by atoms with Crippen molar-refractivity contribution in [3.05, 3.63) is 47.5 Å². The number of aromatic amines is 1. The molecule has 0 aliphatic carbocycles. The van der Waals surface area contributed by atoms with Gasteiger partial charge in [-0.1, -0.05) is 6.58 Å². The number of aromatic nitrogens is 3. The van der Waals surface area contributed by atoms with Gasteiger partial charge in [0.2, 0.25) is 0 Å². The number of nitrogens with one attached hydrogen (secondary N) is 2. The first-order valence-corrected chi connectivity index (χ1v) is 6.47. The van der Waals surface area contributed by atoms with Crippen molar-refractivity contribution in [2.24, 2.45) is 10.7 Å². The van der Waals surface area contributed by atoms with Crippen LogP contribution in [0.1, 0.15) is 0 Å². The van der Waals surface area contributed by atoms with Crippen molar-refractivity contribution in [2.45, 2.75) is 0 Å². The van der Waals surface area contributed by atoms with Crippen molar-refractivity contribution < 1.29 is 0 Å². The number of hydrogen-bond donors (Lipinski definition) is 3. The molecule has 21 heavy (non-hydrogen) atoms. The maximum atomic E-state index is 5.96. The maximum Gasteiger partial charge on any atom is 0.0800 e. The predicted molar refractivity (Wildman–Crippen MR) is 86.3 cm³/mol. The van der Waals surface area contributed by atoms with Crippen molar-refractivity contribution in [2.75, 3.05) is 12.5 Å². The number of pyridine rings is 1. The average molecular weight is 280 g/mol. The molecule has 4 N–H and O–H groups in total. The van der Waals surface area contributed by atoms with Crippen LogP contribution >= 0.6 is 0 Å². The second-order valence-electron chi connectivity index (χ2n) is 4.62. The van der Waals surface area contributed by atoms with Crippen LogP contribution in [-0.2, 0) is 0 Å². The van der Waals surface area contributed by atoms with Crippen LogP contribution in [-0.4, -0.2) is 27.9 Å². The lowest BCUT2D eigenvalue weighted by molar-refractivity contribution is 0.935. The van der Waals surface area contributed by atoms with Gasteiger partial charge in [-0.2, -0.15) is 0 Å². The normalized spacial score (nSPS) is 13.0. The van der Waals surface area contributed by atoms with Crippen LogP contribution in [0.25, 0.3) is 23.2 Å². The molecule has 106 valence electrons. The summed E-state index contributed by atoms with van der Waals surface area (Å²) in [5.74, 6) is 0. The molecule has 6 nitrogen and oxygen atoms in total. The molecule has 0 amide bonds. The second-order valence-corrected chi connectivity index (χ2v) is 4.62. The quantitative estimate of drug-likeness (QED) is 0.608. The fourth-order valence-electron chi connectivity index (χ4n) is 2.24. The number of hydrogen-bond acceptors (Lipinski definition) is 4. The Balaban J connectivity index is 2.04. The summed E-state index contributed by atoms with van der Waals surface area (Å²) in [6.45, 7) is 4.06. The van der Waals surface area contributed by atoms with E-state index in [2.05, 4.69) is 27.0 Å². The lowest BCUT2D eigenvalue weighted by atomic mass is 10.3. The summed E-state index contributed by atoms with van der Waals surface area (Å²) < 4.78 is 1.83. The molecule has 0 spiro atoms. The fraction of sp³-hybridized carbons (Fsp3) is 0.0667. The average Bonchev–Trinajstić information content (AvgIpc) is 3.05. The molecule has 0 saturated heterocycles. The van der Waals surface area contributed by atoms with E-state index in [1.54, 1.807) is 25.7 Å². The van der Waals surface area contributed by atoms with Gasteiger partial charge in [0.1, 0.15) is 0 Å². The highest BCUT2D eigenvalue weighted by Crippen LogP contribution is 2.21. The van der Waals surface area contributed by atoms with Crippen LogP contribution in [0.15, 0.2) is 41.9 Å². The molecule has 0 aliphatic heterocycles. The molecule has 0 radical (unpaired) electrons. The third-order valence-corrected chi connectivity index (χ3v) is 3.30. The zero-order chi connectivity index (χ0) is 14.8. The molecule has 0 unspecified atom stereocenters. The number of aliphatic imine (C=N–C) groups is 1. The minimum absolute atomic E-state index is 0.589. The minimum Gasteiger partial charge on any atom is -0.397 e. The number of anilines is 1. The first-order valence-electron chi connectivity index (χ1n) is 6.47. The molecule has 6 heteroatoms. The predicted octanol–water partition coefficient (Wildman–Crippen LogP) is 0.417. The maximum absolute atomic E-state index is 5.96. The first-order chi connectivity index (χ1) is 10.2. The van der Waals surface area contributed by atoms with Gasteiger partial charge < -0.3 is 10.7 Å². The van der Waals surface area contributed by atoms with Gasteiger partial charge in [0.05, 0.1) is 28.4 Å². The Morgan fingerprint density at radius 3 is 3.19 bits per heavy atom. The first kappa shape index (κ1) is 13.0. The summed E-state index contributed by atoms with van der Waals surface area (Å²) in [6.07, 6.45) is 8.94. The van der Waals surface area contributed by atoms with Gasteiger partial charge >= 0.3 is 0 Å². The van der Waals surface area contributed by atoms with Gasteiger partial charge in [-0.3, -0.25) is 20.1 Å². The van der Waals surface area contributed by atoms with Crippen molar-refractivity contribution in [1.82, 2.24) is 14.6 Å². The summed E-state index contributed by atoms with van der Waals surface area (Å²) >= 11 is 0. The van der Waals surface area contributed by atoms with Crippen LogP contribution in [0.3, 0.4) is 0 Å². The van der Waals surface area contributed by atoms with E-state index in [0.717, 1.165) is 27.2 Å². The van der Waals surface area contributed by atoms with Crippen molar-refractivity contribution in [1.29, 1.82) is 0 Å². The summed E-state index contributed by atoms with van der Waals surface area (Å²) in [5.41, 5.74) is 11.8. The van der Waals surface area contributed by atoms with Crippen molar-refractivity contribution in [3.63, 3.8) is 0 Å². The molecule has 3 rings (SSSR count). The molecule has 3 aromatic rings. The third kappa shape index (κ3) is 2.27. The van der Waals surface area contributed by atoms with E-state index in [1.165, 1.54) is 0 Å². The standard InChI is InChI=1S/C15H16N6/c1-10-11(13(16)7-17-2)4-6-21(10)20-15-9-19-14-8-18-5-3-12(14)15/h3-9,19-20H,1,16H2,2H3/b13-11+,17-7-. The summed E-state index contributed by atoms with van der Waals surface area (Å²) in [6, 6.07) is 3.86. The zero-order valence-electron chi connectivity index (χ0n) is 11.7. The largest absolute Gasteiger partial charge is 0.397 e. The molecule has 0 bridgehead atoms. The van der Waals surface area contributed by atoms with E-state index < -0.39 is 0 Å². The topological polar surface area (TPSA) is 84.0 Å². The molecule has 0 saturated carbocycles. The minimum atomic E-state index is 0.589. The number of fused-ring (bicyclic) bond motifs is 1. The Kier molecular flexibility index (Phi) is 3.19. The van der Waals surface area contributed by atoms with Crippen LogP contribution < -0.4 is 21.7 Å². The smallest absolute Gasteiger partial charge is 0.0800 e. The van der Waals surface area contributed by atoms with Gasteiger partial charge in [-0.25, -0.2) is 0 Å². The van der Waals surface area contributed by atoms with Crippen LogP contribution in [0.2, 0.25) is 0 Å². The van der Waals surface area contributed by atoms with Crippen LogP contribution in [0.5, 0.6) is 0 Å². The van der Waals surface area contributed by atoms with E-state index >= 15 is 0 Å². The monoisotopic (exact) mass is 280 g/mol. The van der Waals surface area contributed by atoms with Crippen molar-refractivity contribution in [3.8, 4) is 0 Å². The fourth-order valence-corrected chi connectivity index (χ4v) is 2.24. The van der Waals surface area contributed by atoms with Crippen LogP contribution in [0.4, 0.5) is 5.69 Å². The molecule has 3 heterocycles. The number of H-pyrrole nitrogens is 1. The molecular weight excluding hydrogens is 264 g/mol. The third-order valence-electron chi connectivity index (χ3n) is 3.30. The lowest BCUT2D eigenvalue weighted by Gasteiger charge is -2.06. The Hall–Kier alpha value is -3.02. The number of nitrogens with zero attached hydrogens (tertiary/aromatic N) is 3. The zero-order valence-corrected chi connectivity index (χ0v) is 11.7. The Bertz CT molecular complexity index is 915. The summed E-state index contributed by atoms with van der Waals surface area (Å²) in [4.78, 5) is 11.2. The van der Waals surface area contributed by atoms with E-state index in [-0.39, 0.29) is 0 Å². The molecule has 0 aromatic carbocycles. The second kappa shape index (κ2) is 5.16. The Labute approximate surface area is 121 Å². The number of rotatable bonds is 3. The number of nitrogens with two attached hydrogens (primary N) is 1. The highest BCUT2D eigenvalue weighted by Gasteiger charge is 2.04. The van der Waals surface area contributed by atoms with Gasteiger partial charge in [-0.05, 0) is 12.1 Å². The summed E-state index contributed by atoms with van der Waals surface area (Å²) in [7, 11) is 1.69. The van der Waals surface area contributed by atoms with Crippen LogP contribution in [0, 0.1) is 0 Å².